The van der Waals surface area contributed by atoms with Crippen molar-refractivity contribution in [1.29, 1.82) is 0 Å². The Labute approximate surface area is 106 Å². The summed E-state index contributed by atoms with van der Waals surface area (Å²) in [5.74, 6) is 1.95. The van der Waals surface area contributed by atoms with Crippen LogP contribution in [0.5, 0.6) is 0 Å². The molecule has 0 unspecified atom stereocenters. The van der Waals surface area contributed by atoms with Gasteiger partial charge in [-0.3, -0.25) is 0 Å². The lowest BCUT2D eigenvalue weighted by molar-refractivity contribution is 0.174. The largest absolute Gasteiger partial charge is 0.494 e. The molecule has 94 valence electrons. The van der Waals surface area contributed by atoms with Crippen LogP contribution in [-0.2, 0) is 17.8 Å². The minimum Gasteiger partial charge on any atom is -0.494 e. The summed E-state index contributed by atoms with van der Waals surface area (Å²) in [6.07, 6.45) is 1.14. The molecule has 0 radical (unpaired) electrons. The van der Waals surface area contributed by atoms with Gasteiger partial charge in [0, 0.05) is 5.92 Å². The molecule has 0 aromatic heterocycles. The molecule has 0 amide bonds. The summed E-state index contributed by atoms with van der Waals surface area (Å²) in [6.45, 7) is 13.2. The van der Waals surface area contributed by atoms with Gasteiger partial charge in [0.25, 0.3) is 0 Å². The fourth-order valence-corrected chi connectivity index (χ4v) is 1.59. The van der Waals surface area contributed by atoms with Crippen molar-refractivity contribution < 1.29 is 4.74 Å². The SMILES string of the molecule is C=C(OCc1ccc(CC(C)C)cc1)C(C)C. The minimum atomic E-state index is 0.384. The summed E-state index contributed by atoms with van der Waals surface area (Å²) in [5, 5.41) is 0. The van der Waals surface area contributed by atoms with Crippen LogP contribution in [0.1, 0.15) is 38.8 Å². The molecule has 0 atom stereocenters. The van der Waals surface area contributed by atoms with E-state index < -0.39 is 0 Å². The van der Waals surface area contributed by atoms with Gasteiger partial charge in [-0.2, -0.15) is 0 Å². The third kappa shape index (κ3) is 5.08. The average Bonchev–Trinajstić information content (AvgIpc) is 2.26. The molecule has 1 rings (SSSR count). The number of benzene rings is 1. The van der Waals surface area contributed by atoms with Gasteiger partial charge in [0.15, 0.2) is 0 Å². The molecular weight excluding hydrogens is 208 g/mol. The molecule has 0 aliphatic heterocycles. The molecule has 0 heterocycles. The zero-order valence-electron chi connectivity index (χ0n) is 11.5. The van der Waals surface area contributed by atoms with E-state index in [1.165, 1.54) is 11.1 Å². The second-order valence-corrected chi connectivity index (χ2v) is 5.32. The fourth-order valence-electron chi connectivity index (χ4n) is 1.59. The van der Waals surface area contributed by atoms with Gasteiger partial charge in [-0.25, -0.2) is 0 Å². The van der Waals surface area contributed by atoms with Gasteiger partial charge < -0.3 is 4.74 Å². The van der Waals surface area contributed by atoms with Crippen molar-refractivity contribution in [1.82, 2.24) is 0 Å². The normalized spacial score (nSPS) is 10.9. The summed E-state index contributed by atoms with van der Waals surface area (Å²) < 4.78 is 5.62. The first-order chi connectivity index (χ1) is 7.99. The van der Waals surface area contributed by atoms with E-state index >= 15 is 0 Å². The standard InChI is InChI=1S/C16H24O/c1-12(2)10-15-6-8-16(9-7-15)11-17-14(5)13(3)4/h6-9,12-13H,5,10-11H2,1-4H3. The molecule has 17 heavy (non-hydrogen) atoms. The highest BCUT2D eigenvalue weighted by molar-refractivity contribution is 5.22. The molecule has 0 bridgehead atoms. The van der Waals surface area contributed by atoms with Crippen LogP contribution >= 0.6 is 0 Å². The fraction of sp³-hybridized carbons (Fsp3) is 0.500. The first-order valence-electron chi connectivity index (χ1n) is 6.38. The molecule has 1 aromatic carbocycles. The molecular formula is C16H24O. The molecule has 0 aliphatic carbocycles. The Morgan fingerprint density at radius 3 is 2.06 bits per heavy atom. The van der Waals surface area contributed by atoms with Gasteiger partial charge in [-0.1, -0.05) is 58.5 Å². The Morgan fingerprint density at radius 2 is 1.59 bits per heavy atom. The number of hydrogen-bond donors (Lipinski definition) is 0. The van der Waals surface area contributed by atoms with Crippen molar-refractivity contribution in [3.05, 3.63) is 47.7 Å². The van der Waals surface area contributed by atoms with E-state index in [0.29, 0.717) is 18.4 Å². The number of ether oxygens (including phenoxy) is 1. The van der Waals surface area contributed by atoms with Gasteiger partial charge in [0.2, 0.25) is 0 Å². The summed E-state index contributed by atoms with van der Waals surface area (Å²) in [4.78, 5) is 0. The zero-order valence-corrected chi connectivity index (χ0v) is 11.5. The molecule has 1 heteroatoms. The maximum absolute atomic E-state index is 5.62. The Kier molecular flexibility index (Phi) is 5.27. The van der Waals surface area contributed by atoms with E-state index in [-0.39, 0.29) is 0 Å². The Hall–Kier alpha value is -1.24. The van der Waals surface area contributed by atoms with E-state index in [0.717, 1.165) is 12.2 Å². The van der Waals surface area contributed by atoms with Crippen LogP contribution in [0.4, 0.5) is 0 Å². The van der Waals surface area contributed by atoms with Crippen LogP contribution in [0.15, 0.2) is 36.6 Å². The second-order valence-electron chi connectivity index (χ2n) is 5.32. The summed E-state index contributed by atoms with van der Waals surface area (Å²) in [7, 11) is 0. The molecule has 0 saturated carbocycles. The predicted octanol–water partition coefficient (Wildman–Crippen LogP) is 4.57. The molecule has 1 nitrogen and oxygen atoms in total. The van der Waals surface area contributed by atoms with Crippen LogP contribution < -0.4 is 0 Å². The lowest BCUT2D eigenvalue weighted by atomic mass is 10.0. The molecule has 0 saturated heterocycles. The van der Waals surface area contributed by atoms with Crippen molar-refractivity contribution in [3.8, 4) is 0 Å². The minimum absolute atomic E-state index is 0.384. The predicted molar refractivity (Wildman–Crippen MR) is 73.8 cm³/mol. The first kappa shape index (κ1) is 13.8. The molecule has 0 aliphatic rings. The van der Waals surface area contributed by atoms with Crippen molar-refractivity contribution in [2.24, 2.45) is 11.8 Å². The van der Waals surface area contributed by atoms with Gasteiger partial charge in [0.05, 0.1) is 5.76 Å². The van der Waals surface area contributed by atoms with Crippen LogP contribution in [0.25, 0.3) is 0 Å². The van der Waals surface area contributed by atoms with E-state index in [4.69, 9.17) is 4.74 Å². The van der Waals surface area contributed by atoms with Gasteiger partial charge in [-0.15, -0.1) is 0 Å². The smallest absolute Gasteiger partial charge is 0.113 e. The molecule has 0 fully saturated rings. The average molecular weight is 232 g/mol. The van der Waals surface area contributed by atoms with Gasteiger partial charge in [0.1, 0.15) is 6.61 Å². The van der Waals surface area contributed by atoms with Gasteiger partial charge >= 0.3 is 0 Å². The monoisotopic (exact) mass is 232 g/mol. The van der Waals surface area contributed by atoms with Crippen molar-refractivity contribution in [3.63, 3.8) is 0 Å². The first-order valence-corrected chi connectivity index (χ1v) is 6.38. The van der Waals surface area contributed by atoms with Crippen molar-refractivity contribution in [2.45, 2.75) is 40.7 Å². The van der Waals surface area contributed by atoms with E-state index in [1.54, 1.807) is 0 Å². The lowest BCUT2D eigenvalue weighted by Crippen LogP contribution is -1.99. The van der Waals surface area contributed by atoms with Crippen LogP contribution in [0, 0.1) is 11.8 Å². The van der Waals surface area contributed by atoms with E-state index in [9.17, 15) is 0 Å². The lowest BCUT2D eigenvalue weighted by Gasteiger charge is -2.12. The van der Waals surface area contributed by atoms with Crippen molar-refractivity contribution >= 4 is 0 Å². The summed E-state index contributed by atoms with van der Waals surface area (Å²) in [6, 6.07) is 8.67. The number of hydrogen-bond acceptors (Lipinski definition) is 1. The Balaban J connectivity index is 2.48. The number of rotatable bonds is 6. The summed E-state index contributed by atoms with van der Waals surface area (Å²) >= 11 is 0. The number of allylic oxidation sites excluding steroid dienone is 1. The third-order valence-corrected chi connectivity index (χ3v) is 2.74. The highest BCUT2D eigenvalue weighted by Crippen LogP contribution is 2.14. The van der Waals surface area contributed by atoms with Crippen LogP contribution in [-0.4, -0.2) is 0 Å². The second kappa shape index (κ2) is 6.48. The topological polar surface area (TPSA) is 9.23 Å². The quantitative estimate of drug-likeness (QED) is 0.653. The third-order valence-electron chi connectivity index (χ3n) is 2.74. The van der Waals surface area contributed by atoms with Crippen LogP contribution in [0.3, 0.4) is 0 Å². The summed E-state index contributed by atoms with van der Waals surface area (Å²) in [5.41, 5.74) is 2.60. The van der Waals surface area contributed by atoms with Gasteiger partial charge in [-0.05, 0) is 23.5 Å². The molecule has 0 spiro atoms. The highest BCUT2D eigenvalue weighted by atomic mass is 16.5. The Morgan fingerprint density at radius 1 is 1.06 bits per heavy atom. The Bertz CT molecular complexity index is 346. The molecule has 1 aromatic rings. The highest BCUT2D eigenvalue weighted by Gasteiger charge is 2.02. The van der Waals surface area contributed by atoms with Crippen LogP contribution in [0.2, 0.25) is 0 Å². The maximum atomic E-state index is 5.62. The zero-order chi connectivity index (χ0) is 12.8. The van der Waals surface area contributed by atoms with Crippen molar-refractivity contribution in [2.75, 3.05) is 0 Å². The maximum Gasteiger partial charge on any atom is 0.113 e. The van der Waals surface area contributed by atoms with E-state index in [1.807, 2.05) is 0 Å². The molecule has 0 N–H and O–H groups in total. The van der Waals surface area contributed by atoms with E-state index in [2.05, 4.69) is 58.5 Å².